The molecule has 3 heteroatoms. The van der Waals surface area contributed by atoms with Crippen LogP contribution in [0.3, 0.4) is 0 Å². The molecule has 0 bridgehead atoms. The molecule has 0 saturated heterocycles. The molecular formula is C6H15NO2. The molecule has 56 valence electrons. The Morgan fingerprint density at radius 2 is 2.22 bits per heavy atom. The second kappa shape index (κ2) is 4.73. The summed E-state index contributed by atoms with van der Waals surface area (Å²) in [5, 5.41) is 9.02. The fourth-order valence-electron chi connectivity index (χ4n) is 0.451. The highest BCUT2D eigenvalue weighted by Gasteiger charge is 2.10. The van der Waals surface area contributed by atoms with Gasteiger partial charge in [-0.15, -0.1) is 0 Å². The molecule has 0 saturated carbocycles. The quantitative estimate of drug-likeness (QED) is 0.528. The largest absolute Gasteiger partial charge is 0.368 e. The first kappa shape index (κ1) is 8.88. The predicted molar refractivity (Wildman–Crippen MR) is 35.9 cm³/mol. The van der Waals surface area contributed by atoms with E-state index in [1.54, 1.807) is 0 Å². The molecule has 0 aromatic carbocycles. The Kier molecular flexibility index (Phi) is 4.67. The molecule has 0 heterocycles. The van der Waals surface area contributed by atoms with Crippen LogP contribution in [0.1, 0.15) is 13.8 Å². The lowest BCUT2D eigenvalue weighted by Crippen LogP contribution is -2.27. The summed E-state index contributed by atoms with van der Waals surface area (Å²) in [6.07, 6.45) is -0.694. The number of rotatable bonds is 4. The SMILES string of the molecule is CCOC(O)C(C)CN. The predicted octanol–water partition coefficient (Wildman–Crippen LogP) is -0.0639. The number of hydrogen-bond acceptors (Lipinski definition) is 3. The standard InChI is InChI=1S/C6H15NO2/c1-3-9-6(8)5(2)4-7/h5-6,8H,3-4,7H2,1-2H3. The van der Waals surface area contributed by atoms with Gasteiger partial charge in [0.1, 0.15) is 0 Å². The number of nitrogens with two attached hydrogens (primary N) is 1. The van der Waals surface area contributed by atoms with Crippen LogP contribution in [0.2, 0.25) is 0 Å². The van der Waals surface area contributed by atoms with E-state index < -0.39 is 6.29 Å². The third-order valence-corrected chi connectivity index (χ3v) is 1.20. The molecule has 3 nitrogen and oxygen atoms in total. The van der Waals surface area contributed by atoms with Crippen LogP contribution in [-0.4, -0.2) is 24.5 Å². The Bertz CT molecular complexity index is 68.1. The molecule has 0 aliphatic rings. The van der Waals surface area contributed by atoms with E-state index in [9.17, 15) is 0 Å². The van der Waals surface area contributed by atoms with Crippen molar-refractivity contribution in [2.24, 2.45) is 11.7 Å². The normalized spacial score (nSPS) is 17.3. The van der Waals surface area contributed by atoms with Crippen molar-refractivity contribution < 1.29 is 9.84 Å². The molecule has 0 spiro atoms. The van der Waals surface area contributed by atoms with Crippen molar-refractivity contribution in [2.45, 2.75) is 20.1 Å². The zero-order valence-corrected chi connectivity index (χ0v) is 6.00. The van der Waals surface area contributed by atoms with E-state index in [0.717, 1.165) is 0 Å². The summed E-state index contributed by atoms with van der Waals surface area (Å²) in [7, 11) is 0. The molecule has 0 aliphatic carbocycles. The van der Waals surface area contributed by atoms with E-state index in [1.165, 1.54) is 0 Å². The Morgan fingerprint density at radius 1 is 1.67 bits per heavy atom. The molecule has 2 atom stereocenters. The maximum absolute atomic E-state index is 9.02. The van der Waals surface area contributed by atoms with Gasteiger partial charge in [0.15, 0.2) is 6.29 Å². The Balaban J connectivity index is 3.32. The van der Waals surface area contributed by atoms with Crippen LogP contribution in [0.5, 0.6) is 0 Å². The molecule has 2 unspecified atom stereocenters. The minimum atomic E-state index is -0.694. The monoisotopic (exact) mass is 133 g/mol. The van der Waals surface area contributed by atoms with Gasteiger partial charge in [0.25, 0.3) is 0 Å². The summed E-state index contributed by atoms with van der Waals surface area (Å²) in [5.41, 5.74) is 5.26. The average molecular weight is 133 g/mol. The van der Waals surface area contributed by atoms with Crippen molar-refractivity contribution in [2.75, 3.05) is 13.2 Å². The number of aliphatic hydroxyl groups is 1. The molecule has 0 amide bonds. The number of hydrogen-bond donors (Lipinski definition) is 2. The van der Waals surface area contributed by atoms with Crippen LogP contribution in [0.25, 0.3) is 0 Å². The van der Waals surface area contributed by atoms with Crippen molar-refractivity contribution >= 4 is 0 Å². The van der Waals surface area contributed by atoms with Gasteiger partial charge in [0.2, 0.25) is 0 Å². The molecule has 0 aromatic rings. The van der Waals surface area contributed by atoms with Crippen molar-refractivity contribution in [3.63, 3.8) is 0 Å². The van der Waals surface area contributed by atoms with E-state index in [-0.39, 0.29) is 5.92 Å². The first-order valence-electron chi connectivity index (χ1n) is 3.22. The van der Waals surface area contributed by atoms with Gasteiger partial charge in [-0.3, -0.25) is 0 Å². The molecule has 0 radical (unpaired) electrons. The van der Waals surface area contributed by atoms with E-state index >= 15 is 0 Å². The van der Waals surface area contributed by atoms with Crippen molar-refractivity contribution in [1.82, 2.24) is 0 Å². The molecule has 0 aromatic heterocycles. The molecule has 0 aliphatic heterocycles. The van der Waals surface area contributed by atoms with E-state index in [0.29, 0.717) is 13.2 Å². The van der Waals surface area contributed by atoms with Gasteiger partial charge < -0.3 is 15.6 Å². The maximum Gasteiger partial charge on any atom is 0.158 e. The maximum atomic E-state index is 9.02. The Labute approximate surface area is 55.8 Å². The van der Waals surface area contributed by atoms with Gasteiger partial charge >= 0.3 is 0 Å². The lowest BCUT2D eigenvalue weighted by Gasteiger charge is -2.15. The van der Waals surface area contributed by atoms with Crippen LogP contribution in [0, 0.1) is 5.92 Å². The van der Waals surface area contributed by atoms with Crippen molar-refractivity contribution in [3.8, 4) is 0 Å². The third-order valence-electron chi connectivity index (χ3n) is 1.20. The molecule has 3 N–H and O–H groups in total. The highest BCUT2D eigenvalue weighted by molar-refractivity contribution is 4.54. The Morgan fingerprint density at radius 3 is 2.56 bits per heavy atom. The van der Waals surface area contributed by atoms with E-state index in [1.807, 2.05) is 13.8 Å². The molecule has 9 heavy (non-hydrogen) atoms. The first-order chi connectivity index (χ1) is 4.22. The zero-order chi connectivity index (χ0) is 7.28. The second-order valence-electron chi connectivity index (χ2n) is 2.06. The van der Waals surface area contributed by atoms with Gasteiger partial charge in [-0.25, -0.2) is 0 Å². The van der Waals surface area contributed by atoms with Gasteiger partial charge in [-0.1, -0.05) is 6.92 Å². The van der Waals surface area contributed by atoms with Crippen LogP contribution < -0.4 is 5.73 Å². The lowest BCUT2D eigenvalue weighted by molar-refractivity contribution is -0.123. The van der Waals surface area contributed by atoms with Crippen LogP contribution in [0.15, 0.2) is 0 Å². The highest BCUT2D eigenvalue weighted by atomic mass is 16.6. The molecular weight excluding hydrogens is 118 g/mol. The lowest BCUT2D eigenvalue weighted by atomic mass is 10.2. The highest BCUT2D eigenvalue weighted by Crippen LogP contribution is 2.00. The first-order valence-corrected chi connectivity index (χ1v) is 3.22. The summed E-state index contributed by atoms with van der Waals surface area (Å²) < 4.78 is 4.87. The number of aliphatic hydroxyl groups excluding tert-OH is 1. The average Bonchev–Trinajstić information content (AvgIpc) is 1.87. The number of ether oxygens (including phenoxy) is 1. The second-order valence-corrected chi connectivity index (χ2v) is 2.06. The topological polar surface area (TPSA) is 55.5 Å². The summed E-state index contributed by atoms with van der Waals surface area (Å²) >= 11 is 0. The van der Waals surface area contributed by atoms with Gasteiger partial charge in [0.05, 0.1) is 0 Å². The molecule has 0 rings (SSSR count). The van der Waals surface area contributed by atoms with Gasteiger partial charge in [-0.05, 0) is 13.5 Å². The summed E-state index contributed by atoms with van der Waals surface area (Å²) in [6, 6.07) is 0. The third kappa shape index (κ3) is 3.46. The van der Waals surface area contributed by atoms with Crippen molar-refractivity contribution in [3.05, 3.63) is 0 Å². The van der Waals surface area contributed by atoms with Crippen LogP contribution in [-0.2, 0) is 4.74 Å². The smallest absolute Gasteiger partial charge is 0.158 e. The summed E-state index contributed by atoms with van der Waals surface area (Å²) in [5.74, 6) is 0.0324. The van der Waals surface area contributed by atoms with Crippen LogP contribution >= 0.6 is 0 Å². The zero-order valence-electron chi connectivity index (χ0n) is 6.00. The minimum absolute atomic E-state index is 0.0324. The van der Waals surface area contributed by atoms with Crippen LogP contribution in [0.4, 0.5) is 0 Å². The fraction of sp³-hybridized carbons (Fsp3) is 1.00. The fourth-order valence-corrected chi connectivity index (χ4v) is 0.451. The summed E-state index contributed by atoms with van der Waals surface area (Å²) in [4.78, 5) is 0. The Hall–Kier alpha value is -0.120. The van der Waals surface area contributed by atoms with Gasteiger partial charge in [0, 0.05) is 12.5 Å². The van der Waals surface area contributed by atoms with E-state index in [4.69, 9.17) is 15.6 Å². The van der Waals surface area contributed by atoms with E-state index in [2.05, 4.69) is 0 Å². The minimum Gasteiger partial charge on any atom is -0.368 e. The molecule has 0 fully saturated rings. The van der Waals surface area contributed by atoms with Gasteiger partial charge in [-0.2, -0.15) is 0 Å². The van der Waals surface area contributed by atoms with Crippen molar-refractivity contribution in [1.29, 1.82) is 0 Å². The summed E-state index contributed by atoms with van der Waals surface area (Å²) in [6.45, 7) is 4.68.